The number of carboxylic acids is 1. The molecule has 0 aliphatic heterocycles. The molecule has 3 N–H and O–H groups in total. The van der Waals surface area contributed by atoms with Crippen LogP contribution >= 0.6 is 11.8 Å². The molecule has 8 heteroatoms. The van der Waals surface area contributed by atoms with Crippen molar-refractivity contribution in [3.05, 3.63) is 24.3 Å². The molecule has 104 valence electrons. The van der Waals surface area contributed by atoms with E-state index in [1.165, 1.54) is 7.05 Å². The minimum atomic E-state index is -1.03. The van der Waals surface area contributed by atoms with Crippen LogP contribution in [0.1, 0.15) is 9.27 Å². The number of nitrogens with one attached hydrogen (secondary N) is 2. The van der Waals surface area contributed by atoms with Gasteiger partial charge in [0.15, 0.2) is 5.16 Å². The Kier molecular flexibility index (Phi) is 6.81. The van der Waals surface area contributed by atoms with Crippen molar-refractivity contribution >= 4 is 72.4 Å². The van der Waals surface area contributed by atoms with Crippen molar-refractivity contribution in [2.45, 2.75) is 16.8 Å². The molecule has 0 fully saturated rings. The van der Waals surface area contributed by atoms with Gasteiger partial charge in [0.2, 0.25) is 5.91 Å². The molecule has 1 aromatic heterocycles. The first-order valence-corrected chi connectivity index (χ1v) is 6.53. The number of hydrogen-bond donors (Lipinski definition) is 3. The van der Waals surface area contributed by atoms with E-state index in [-0.39, 0.29) is 52.9 Å². The van der Waals surface area contributed by atoms with E-state index in [0.717, 1.165) is 22.8 Å². The van der Waals surface area contributed by atoms with Crippen molar-refractivity contribution in [3.8, 4) is 0 Å². The summed E-state index contributed by atoms with van der Waals surface area (Å²) in [5.41, 5.74) is 1.61. The Balaban J connectivity index is 0. The van der Waals surface area contributed by atoms with Gasteiger partial charge in [0.1, 0.15) is 5.25 Å². The number of amides is 1. The van der Waals surface area contributed by atoms with Gasteiger partial charge in [0.05, 0.1) is 11.0 Å². The fourth-order valence-corrected chi connectivity index (χ4v) is 2.49. The molecule has 0 spiro atoms. The number of thioether (sulfide) groups is 1. The number of para-hydroxylation sites is 2. The number of carboxylic acid groups (broad SMARTS) is 1. The van der Waals surface area contributed by atoms with E-state index in [1.54, 1.807) is 0 Å². The van der Waals surface area contributed by atoms with Gasteiger partial charge in [-0.1, -0.05) is 23.9 Å². The summed E-state index contributed by atoms with van der Waals surface area (Å²) in [7, 11) is 1.48. The number of carbonyl (C=O) groups is 2. The number of aliphatic carboxylic acids is 1. The number of carbonyl (C=O) groups excluding carboxylic acids is 1. The number of hydrogen-bond acceptors (Lipinski definition) is 4. The molecule has 0 aliphatic rings. The predicted molar refractivity (Wildman–Crippen MR) is 80.0 cm³/mol. The quantitative estimate of drug-likeness (QED) is 0.566. The second kappa shape index (κ2) is 7.87. The number of nitrogens with zero attached hydrogens (tertiary/aromatic N) is 1. The summed E-state index contributed by atoms with van der Waals surface area (Å²) in [6.45, 7) is 0. The molecule has 2 rings (SSSR count). The van der Waals surface area contributed by atoms with E-state index < -0.39 is 11.2 Å². The van der Waals surface area contributed by atoms with Gasteiger partial charge in [0, 0.05) is 13.5 Å². The second-order valence-corrected chi connectivity index (χ2v) is 5.07. The third kappa shape index (κ3) is 4.37. The molecular formula is C12H15CaN3O3S. The fourth-order valence-electron chi connectivity index (χ4n) is 1.57. The van der Waals surface area contributed by atoms with Gasteiger partial charge in [-0.05, 0) is 12.1 Å². The van der Waals surface area contributed by atoms with Crippen molar-refractivity contribution in [1.29, 1.82) is 0 Å². The molecule has 2 aromatic rings. The van der Waals surface area contributed by atoms with Gasteiger partial charge in [-0.25, -0.2) is 4.98 Å². The van der Waals surface area contributed by atoms with Crippen LogP contribution in [0.5, 0.6) is 0 Å². The molecule has 0 radical (unpaired) electrons. The van der Waals surface area contributed by atoms with E-state index in [1.807, 2.05) is 24.3 Å². The Morgan fingerprint density at radius 3 is 2.80 bits per heavy atom. The Labute approximate surface area is 152 Å². The van der Waals surface area contributed by atoms with Gasteiger partial charge >= 0.3 is 43.7 Å². The van der Waals surface area contributed by atoms with Gasteiger partial charge in [-0.15, -0.1) is 0 Å². The summed E-state index contributed by atoms with van der Waals surface area (Å²) < 4.78 is 0. The molecular weight excluding hydrogens is 306 g/mol. The minimum absolute atomic E-state index is 0. The molecule has 6 nitrogen and oxygen atoms in total. The molecule has 0 bridgehead atoms. The summed E-state index contributed by atoms with van der Waals surface area (Å²) in [5, 5.41) is 11.2. The molecule has 1 aromatic carbocycles. The molecule has 0 saturated carbocycles. The average molecular weight is 321 g/mol. The number of aromatic nitrogens is 2. The van der Waals surface area contributed by atoms with Gasteiger partial charge < -0.3 is 18.3 Å². The van der Waals surface area contributed by atoms with Gasteiger partial charge in [-0.3, -0.25) is 9.59 Å². The molecule has 1 atom stereocenters. The van der Waals surface area contributed by atoms with E-state index in [4.69, 9.17) is 5.11 Å². The summed E-state index contributed by atoms with van der Waals surface area (Å²) >= 11 is 1.04. The van der Waals surface area contributed by atoms with Crippen LogP contribution in [0.3, 0.4) is 0 Å². The largest absolute Gasteiger partial charge is 2.00 e. The predicted octanol–water partition coefficient (Wildman–Crippen LogP) is 1.09. The van der Waals surface area contributed by atoms with E-state index in [2.05, 4.69) is 15.3 Å². The number of fused-ring (bicyclic) bond motifs is 1. The second-order valence-electron chi connectivity index (χ2n) is 3.88. The number of aromatic amines is 1. The number of H-pyrrole nitrogens is 1. The van der Waals surface area contributed by atoms with Crippen molar-refractivity contribution in [2.24, 2.45) is 0 Å². The minimum Gasteiger partial charge on any atom is -1.00 e. The third-order valence-corrected chi connectivity index (χ3v) is 3.62. The Morgan fingerprint density at radius 2 is 2.20 bits per heavy atom. The first-order chi connectivity index (χ1) is 9.10. The Bertz CT molecular complexity index is 593. The number of benzene rings is 1. The van der Waals surface area contributed by atoms with Crippen molar-refractivity contribution in [3.63, 3.8) is 0 Å². The summed E-state index contributed by atoms with van der Waals surface area (Å²) in [6, 6.07) is 7.43. The van der Waals surface area contributed by atoms with Crippen molar-refractivity contribution in [2.75, 3.05) is 7.05 Å². The van der Waals surface area contributed by atoms with E-state index >= 15 is 0 Å². The van der Waals surface area contributed by atoms with Crippen LogP contribution in [0.25, 0.3) is 11.0 Å². The summed E-state index contributed by atoms with van der Waals surface area (Å²) in [4.78, 5) is 29.7. The number of imidazole rings is 1. The van der Waals surface area contributed by atoms with Crippen LogP contribution in [0.4, 0.5) is 0 Å². The third-order valence-electron chi connectivity index (χ3n) is 2.55. The van der Waals surface area contributed by atoms with E-state index in [0.29, 0.717) is 5.16 Å². The molecule has 0 aliphatic carbocycles. The number of rotatable bonds is 5. The van der Waals surface area contributed by atoms with Crippen LogP contribution in [-0.4, -0.2) is 77.0 Å². The molecule has 1 heterocycles. The first-order valence-electron chi connectivity index (χ1n) is 5.65. The van der Waals surface area contributed by atoms with Gasteiger partial charge in [-0.2, -0.15) is 0 Å². The van der Waals surface area contributed by atoms with Crippen LogP contribution < -0.4 is 5.32 Å². The zero-order chi connectivity index (χ0) is 13.8. The molecule has 1 unspecified atom stereocenters. The Hall–Kier alpha value is -0.760. The van der Waals surface area contributed by atoms with Crippen LogP contribution in [-0.2, 0) is 9.59 Å². The van der Waals surface area contributed by atoms with Crippen LogP contribution in [0.2, 0.25) is 0 Å². The SMILES string of the molecule is CNC(=O)CC(Sc1nc2ccccc2[nH]1)C(=O)O.[Ca+2].[H-].[H-]. The van der Waals surface area contributed by atoms with E-state index in [9.17, 15) is 9.59 Å². The Morgan fingerprint density at radius 1 is 1.50 bits per heavy atom. The zero-order valence-electron chi connectivity index (χ0n) is 12.9. The average Bonchev–Trinajstić information content (AvgIpc) is 2.79. The maximum Gasteiger partial charge on any atom is 2.00 e. The molecule has 20 heavy (non-hydrogen) atoms. The smallest absolute Gasteiger partial charge is 1.00 e. The van der Waals surface area contributed by atoms with Crippen molar-refractivity contribution in [1.82, 2.24) is 15.3 Å². The molecule has 0 saturated heterocycles. The maximum absolute atomic E-state index is 11.3. The summed E-state index contributed by atoms with van der Waals surface area (Å²) in [5.74, 6) is -1.34. The normalized spacial score (nSPS) is 11.7. The monoisotopic (exact) mass is 321 g/mol. The fraction of sp³-hybridized carbons (Fsp3) is 0.250. The van der Waals surface area contributed by atoms with Gasteiger partial charge in [0.25, 0.3) is 0 Å². The first kappa shape index (κ1) is 17.3. The standard InChI is InChI=1S/C12H13N3O3S.Ca.2H/c1-13-10(16)6-9(11(17)18)19-12-14-7-4-2-3-5-8(7)15-12;;;/h2-5,9H,6H2,1H3,(H,13,16)(H,14,15)(H,17,18);;;/q;+2;2*-1. The molecule has 1 amide bonds. The van der Waals surface area contributed by atoms with Crippen LogP contribution in [0.15, 0.2) is 29.4 Å². The zero-order valence-corrected chi connectivity index (χ0v) is 13.9. The maximum atomic E-state index is 11.3. The summed E-state index contributed by atoms with van der Waals surface area (Å²) in [6.07, 6.45) is -0.0897. The van der Waals surface area contributed by atoms with Crippen LogP contribution in [0, 0.1) is 0 Å². The van der Waals surface area contributed by atoms with Crippen molar-refractivity contribution < 1.29 is 17.5 Å². The topological polar surface area (TPSA) is 95.1 Å².